The maximum absolute atomic E-state index is 13.2. The monoisotopic (exact) mass is 968 g/mol. The number of carboxylic acid groups (broad SMARTS) is 1. The number of hydrogen-bond acceptors (Lipinski definition) is 10. The number of oxazole rings is 2. The summed E-state index contributed by atoms with van der Waals surface area (Å²) in [6, 6.07) is 31.3. The molecular formula is C48H36Cl2F6N2O9. The van der Waals surface area contributed by atoms with Gasteiger partial charge in [-0.1, -0.05) is 71.7 Å². The number of hydrogen-bond donors (Lipinski definition) is 2. The number of benzene rings is 6. The summed E-state index contributed by atoms with van der Waals surface area (Å²) in [5, 5.41) is 17.9. The average molecular weight is 970 g/mol. The standard InChI is InChI=1S/C24H17ClF3NO4.C22H13ClF3NO4.C2H6O/c1-2-31-23(30)21(14-6-5-7-15(12-14)24(26,27)28)32-19-11-10-16(25)13-17(19)22-29-18-8-3-4-9-20(18)33-22;23-14-8-9-17(15(11-14)20-27-16-6-1-2-7-18(16)31-20)30-19(21(28)29)12-4-3-5-13(10-12)22(24,25)26;1-2-3/h3-13,21H,2H2,1H3;1-11,19H,(H,28,29);3H,2H2,1H3. The minimum atomic E-state index is -4.62. The Labute approximate surface area is 387 Å². The molecule has 67 heavy (non-hydrogen) atoms. The summed E-state index contributed by atoms with van der Waals surface area (Å²) >= 11 is 12.2. The minimum absolute atomic E-state index is 0.0123. The first-order valence-electron chi connectivity index (χ1n) is 19.9. The molecule has 0 fully saturated rings. The number of aromatic nitrogens is 2. The quantitative estimate of drug-likeness (QED) is 0.0940. The van der Waals surface area contributed by atoms with E-state index in [9.17, 15) is 41.0 Å². The largest absolute Gasteiger partial charge is 0.478 e. The molecular weight excluding hydrogens is 933 g/mol. The maximum Gasteiger partial charge on any atom is 0.416 e. The molecule has 0 saturated carbocycles. The first kappa shape index (κ1) is 49.4. The van der Waals surface area contributed by atoms with Gasteiger partial charge in [-0.2, -0.15) is 26.3 Å². The van der Waals surface area contributed by atoms with Crippen LogP contribution in [0.15, 0.2) is 142 Å². The van der Waals surface area contributed by atoms with Crippen LogP contribution >= 0.6 is 23.2 Å². The predicted octanol–water partition coefficient (Wildman–Crippen LogP) is 13.2. The van der Waals surface area contributed by atoms with Crippen LogP contribution < -0.4 is 9.47 Å². The number of carboxylic acids is 1. The van der Waals surface area contributed by atoms with Crippen LogP contribution in [0.5, 0.6) is 11.5 Å². The molecule has 0 aliphatic rings. The Kier molecular flexibility index (Phi) is 15.8. The van der Waals surface area contributed by atoms with Crippen molar-refractivity contribution in [2.45, 2.75) is 38.4 Å². The Morgan fingerprint density at radius 2 is 1.03 bits per heavy atom. The zero-order valence-corrected chi connectivity index (χ0v) is 36.5. The number of alkyl halides is 6. The topological polar surface area (TPSA) is 154 Å². The Morgan fingerprint density at radius 1 is 0.612 bits per heavy atom. The smallest absolute Gasteiger partial charge is 0.416 e. The highest BCUT2D eigenvalue weighted by Crippen LogP contribution is 2.40. The summed E-state index contributed by atoms with van der Waals surface area (Å²) in [6.07, 6.45) is -12.4. The third-order valence-corrected chi connectivity index (χ3v) is 9.65. The lowest BCUT2D eigenvalue weighted by atomic mass is 10.1. The van der Waals surface area contributed by atoms with Gasteiger partial charge in [-0.25, -0.2) is 19.6 Å². The molecule has 2 atom stereocenters. The molecule has 0 aliphatic heterocycles. The van der Waals surface area contributed by atoms with Gasteiger partial charge in [0.2, 0.25) is 24.0 Å². The number of rotatable bonds is 11. The van der Waals surface area contributed by atoms with Crippen molar-refractivity contribution in [3.05, 3.63) is 166 Å². The first-order chi connectivity index (χ1) is 31.9. The molecule has 6 aromatic carbocycles. The normalized spacial score (nSPS) is 12.3. The van der Waals surface area contributed by atoms with E-state index in [2.05, 4.69) is 9.97 Å². The molecule has 0 radical (unpaired) electrons. The van der Waals surface area contributed by atoms with Crippen molar-refractivity contribution in [3.8, 4) is 34.4 Å². The number of para-hydroxylation sites is 4. The second kappa shape index (κ2) is 21.5. The molecule has 2 heterocycles. The molecule has 11 nitrogen and oxygen atoms in total. The third kappa shape index (κ3) is 12.4. The lowest BCUT2D eigenvalue weighted by Gasteiger charge is -2.20. The van der Waals surface area contributed by atoms with Crippen LogP contribution in [0.2, 0.25) is 10.0 Å². The van der Waals surface area contributed by atoms with Crippen molar-refractivity contribution in [2.24, 2.45) is 0 Å². The number of esters is 1. The number of ether oxygens (including phenoxy) is 3. The molecule has 8 aromatic rings. The van der Waals surface area contributed by atoms with Crippen molar-refractivity contribution >= 4 is 57.3 Å². The van der Waals surface area contributed by atoms with Gasteiger partial charge >= 0.3 is 24.3 Å². The molecule has 0 amide bonds. The molecule has 2 unspecified atom stereocenters. The zero-order chi connectivity index (χ0) is 48.5. The van der Waals surface area contributed by atoms with Crippen molar-refractivity contribution < 1.29 is 69.2 Å². The number of nitrogens with zero attached hydrogens (tertiary/aromatic N) is 2. The molecule has 2 N–H and O–H groups in total. The Hall–Kier alpha value is -7.08. The number of aliphatic hydroxyl groups is 1. The Bertz CT molecular complexity index is 2930. The fraction of sp³-hybridized carbons (Fsp3) is 0.167. The molecule has 348 valence electrons. The van der Waals surface area contributed by atoms with Gasteiger partial charge in [-0.05, 0) is 98.8 Å². The van der Waals surface area contributed by atoms with E-state index in [1.165, 1.54) is 54.6 Å². The van der Waals surface area contributed by atoms with Gasteiger partial charge in [0.15, 0.2) is 11.2 Å². The number of halogens is 8. The summed E-state index contributed by atoms with van der Waals surface area (Å²) in [6.45, 7) is 3.55. The SMILES string of the molecule is CCO.CCOC(=O)C(Oc1ccc(Cl)cc1-c1nc2ccccc2o1)c1cccc(C(F)(F)F)c1.O=C(O)C(Oc1ccc(Cl)cc1-c1nc2ccccc2o1)c1cccc(C(F)(F)F)c1. The van der Waals surface area contributed by atoms with Crippen molar-refractivity contribution in [1.82, 2.24) is 9.97 Å². The average Bonchev–Trinajstić information content (AvgIpc) is 3.93. The molecule has 0 aliphatic carbocycles. The van der Waals surface area contributed by atoms with E-state index in [-0.39, 0.29) is 53.2 Å². The summed E-state index contributed by atoms with van der Waals surface area (Å²) < 4.78 is 107. The van der Waals surface area contributed by atoms with Crippen molar-refractivity contribution in [2.75, 3.05) is 13.2 Å². The molecule has 0 saturated heterocycles. The number of carbonyl (C=O) groups excluding carboxylic acids is 1. The third-order valence-electron chi connectivity index (χ3n) is 9.18. The molecule has 0 bridgehead atoms. The molecule has 2 aromatic heterocycles. The van der Waals surface area contributed by atoms with Gasteiger partial charge in [0, 0.05) is 27.8 Å². The second-order valence-electron chi connectivity index (χ2n) is 13.9. The summed E-state index contributed by atoms with van der Waals surface area (Å²) in [7, 11) is 0. The van der Waals surface area contributed by atoms with Crippen molar-refractivity contribution in [3.63, 3.8) is 0 Å². The van der Waals surface area contributed by atoms with E-state index >= 15 is 0 Å². The van der Waals surface area contributed by atoms with Gasteiger partial charge in [-0.3, -0.25) is 0 Å². The Balaban J connectivity index is 0.000000209. The summed E-state index contributed by atoms with van der Waals surface area (Å²) in [5.74, 6) is -1.80. The first-order valence-corrected chi connectivity index (χ1v) is 20.6. The Morgan fingerprint density at radius 3 is 1.43 bits per heavy atom. The van der Waals surface area contributed by atoms with Crippen LogP contribution in [-0.4, -0.2) is 45.3 Å². The van der Waals surface area contributed by atoms with Crippen molar-refractivity contribution in [1.29, 1.82) is 0 Å². The van der Waals surface area contributed by atoms with E-state index in [4.69, 9.17) is 51.4 Å². The van der Waals surface area contributed by atoms with Gasteiger partial charge in [-0.15, -0.1) is 0 Å². The number of carbonyl (C=O) groups is 2. The lowest BCUT2D eigenvalue weighted by molar-refractivity contribution is -0.152. The number of aliphatic hydroxyl groups excluding tert-OH is 1. The van der Waals surface area contributed by atoms with Crippen LogP contribution in [0.25, 0.3) is 45.1 Å². The zero-order valence-electron chi connectivity index (χ0n) is 34.9. The minimum Gasteiger partial charge on any atom is -0.478 e. The van der Waals surface area contributed by atoms with E-state index < -0.39 is 47.6 Å². The maximum atomic E-state index is 13.2. The summed E-state index contributed by atoms with van der Waals surface area (Å²) in [5.41, 5.74) is 0.719. The van der Waals surface area contributed by atoms with Crippen LogP contribution in [0, 0.1) is 0 Å². The van der Waals surface area contributed by atoms with Gasteiger partial charge in [0.05, 0.1) is 28.9 Å². The fourth-order valence-electron chi connectivity index (χ4n) is 6.26. The highest BCUT2D eigenvalue weighted by atomic mass is 35.5. The lowest BCUT2D eigenvalue weighted by Crippen LogP contribution is -2.22. The van der Waals surface area contributed by atoms with Crippen LogP contribution in [0.4, 0.5) is 26.3 Å². The van der Waals surface area contributed by atoms with E-state index in [1.54, 1.807) is 62.4 Å². The van der Waals surface area contributed by atoms with E-state index in [0.29, 0.717) is 37.8 Å². The highest BCUT2D eigenvalue weighted by Gasteiger charge is 2.35. The van der Waals surface area contributed by atoms with Gasteiger partial charge in [0.1, 0.15) is 22.5 Å². The van der Waals surface area contributed by atoms with Crippen LogP contribution in [0.3, 0.4) is 0 Å². The number of aliphatic carboxylic acids is 1. The van der Waals surface area contributed by atoms with E-state index in [0.717, 1.165) is 30.3 Å². The molecule has 19 heteroatoms. The van der Waals surface area contributed by atoms with Crippen LogP contribution in [-0.2, 0) is 26.7 Å². The van der Waals surface area contributed by atoms with Crippen LogP contribution in [0.1, 0.15) is 48.3 Å². The predicted molar refractivity (Wildman–Crippen MR) is 236 cm³/mol. The van der Waals surface area contributed by atoms with Gasteiger partial charge < -0.3 is 33.3 Å². The van der Waals surface area contributed by atoms with E-state index in [1.807, 2.05) is 0 Å². The molecule has 0 spiro atoms. The molecule has 8 rings (SSSR count). The highest BCUT2D eigenvalue weighted by molar-refractivity contribution is 6.31. The summed E-state index contributed by atoms with van der Waals surface area (Å²) in [4.78, 5) is 33.3. The van der Waals surface area contributed by atoms with Gasteiger partial charge in [0.25, 0.3) is 0 Å². The number of fused-ring (bicyclic) bond motifs is 2. The fourth-order valence-corrected chi connectivity index (χ4v) is 6.60. The second-order valence-corrected chi connectivity index (χ2v) is 14.8.